The quantitative estimate of drug-likeness (QED) is 0.849. The Hall–Kier alpha value is -2.76. The largest absolute Gasteiger partial charge is 0.478 e. The van der Waals surface area contributed by atoms with Crippen LogP contribution >= 0.6 is 0 Å². The number of nitrogens with zero attached hydrogens (tertiary/aromatic N) is 2. The van der Waals surface area contributed by atoms with Crippen LogP contribution in [0.4, 0.5) is 0 Å². The molecule has 0 amide bonds. The van der Waals surface area contributed by atoms with Crippen LogP contribution in [0.25, 0.3) is 11.4 Å². The summed E-state index contributed by atoms with van der Waals surface area (Å²) in [6, 6.07) is 5.71. The zero-order chi connectivity index (χ0) is 13.1. The molecule has 18 heavy (non-hydrogen) atoms. The first-order valence-electron chi connectivity index (χ1n) is 4.97. The number of pyridine rings is 2. The van der Waals surface area contributed by atoms with Crippen LogP contribution in [0.1, 0.15) is 20.7 Å². The minimum atomic E-state index is -1.11. The second-order valence-electron chi connectivity index (χ2n) is 3.44. The average Bonchev–Trinajstić information content (AvgIpc) is 2.39. The van der Waals surface area contributed by atoms with Gasteiger partial charge < -0.3 is 10.2 Å². The Balaban J connectivity index is 2.49. The predicted molar refractivity (Wildman–Crippen MR) is 61.4 cm³/mol. The minimum absolute atomic E-state index is 0.0214. The molecule has 0 aromatic carbocycles. The lowest BCUT2D eigenvalue weighted by molar-refractivity contribution is 0.0685. The van der Waals surface area contributed by atoms with E-state index in [1.807, 2.05) is 0 Å². The number of carboxylic acid groups (broad SMARTS) is 2. The summed E-state index contributed by atoms with van der Waals surface area (Å²) in [6.45, 7) is 0. The molecule has 2 N–H and O–H groups in total. The topological polar surface area (TPSA) is 100 Å². The molecule has 0 unspecified atom stereocenters. The molecule has 0 saturated heterocycles. The Morgan fingerprint density at radius 3 is 2.33 bits per heavy atom. The summed E-state index contributed by atoms with van der Waals surface area (Å²) in [5, 5.41) is 17.7. The molecule has 0 radical (unpaired) electrons. The van der Waals surface area contributed by atoms with Crippen LogP contribution in [0, 0.1) is 0 Å². The van der Waals surface area contributed by atoms with Crippen LogP contribution in [-0.4, -0.2) is 32.1 Å². The first-order valence-corrected chi connectivity index (χ1v) is 4.97. The summed E-state index contributed by atoms with van der Waals surface area (Å²) in [6.07, 6.45) is 2.62. The molecule has 2 heterocycles. The average molecular weight is 244 g/mol. The molecule has 6 heteroatoms. The van der Waals surface area contributed by atoms with Crippen molar-refractivity contribution in [1.29, 1.82) is 0 Å². The molecule has 90 valence electrons. The zero-order valence-corrected chi connectivity index (χ0v) is 9.07. The van der Waals surface area contributed by atoms with Crippen LogP contribution in [0.15, 0.2) is 36.7 Å². The molecule has 0 spiro atoms. The molecule has 6 nitrogen and oxygen atoms in total. The van der Waals surface area contributed by atoms with E-state index in [-0.39, 0.29) is 16.8 Å². The molecule has 0 aliphatic rings. The van der Waals surface area contributed by atoms with Gasteiger partial charge >= 0.3 is 11.9 Å². The summed E-state index contributed by atoms with van der Waals surface area (Å²) >= 11 is 0. The van der Waals surface area contributed by atoms with Gasteiger partial charge in [0.05, 0.1) is 16.8 Å². The Bertz CT molecular complexity index is 608. The molecule has 0 aliphatic heterocycles. The Labute approximate surface area is 102 Å². The van der Waals surface area contributed by atoms with Crippen LogP contribution in [0.2, 0.25) is 0 Å². The van der Waals surface area contributed by atoms with Crippen molar-refractivity contribution in [3.63, 3.8) is 0 Å². The van der Waals surface area contributed by atoms with Gasteiger partial charge in [0.1, 0.15) is 5.69 Å². The number of aromatic nitrogens is 2. The number of aromatic carboxylic acids is 2. The summed E-state index contributed by atoms with van der Waals surface area (Å²) in [5.41, 5.74) is 0.583. The second kappa shape index (κ2) is 4.62. The summed E-state index contributed by atoms with van der Waals surface area (Å²) in [5.74, 6) is -2.20. The Morgan fingerprint density at radius 1 is 1.00 bits per heavy atom. The van der Waals surface area contributed by atoms with Crippen LogP contribution in [0.3, 0.4) is 0 Å². The highest BCUT2D eigenvalue weighted by molar-refractivity contribution is 5.94. The van der Waals surface area contributed by atoms with Crippen molar-refractivity contribution in [1.82, 2.24) is 9.97 Å². The molecule has 2 aromatic rings. The molecule has 0 fully saturated rings. The predicted octanol–water partition coefficient (Wildman–Crippen LogP) is 1.54. The molecular weight excluding hydrogens is 236 g/mol. The molecule has 0 saturated carbocycles. The molecule has 0 atom stereocenters. The van der Waals surface area contributed by atoms with Crippen molar-refractivity contribution < 1.29 is 19.8 Å². The van der Waals surface area contributed by atoms with Crippen molar-refractivity contribution in [2.45, 2.75) is 0 Å². The van der Waals surface area contributed by atoms with Crippen molar-refractivity contribution in [2.75, 3.05) is 0 Å². The number of hydrogen-bond donors (Lipinski definition) is 2. The van der Waals surface area contributed by atoms with E-state index in [9.17, 15) is 9.59 Å². The van der Waals surface area contributed by atoms with Gasteiger partial charge in [-0.05, 0) is 24.3 Å². The van der Waals surface area contributed by atoms with Gasteiger partial charge in [-0.25, -0.2) is 9.59 Å². The third kappa shape index (κ3) is 2.17. The van der Waals surface area contributed by atoms with Crippen LogP contribution in [0.5, 0.6) is 0 Å². The van der Waals surface area contributed by atoms with E-state index in [1.54, 1.807) is 0 Å². The van der Waals surface area contributed by atoms with Gasteiger partial charge in [0.15, 0.2) is 0 Å². The second-order valence-corrected chi connectivity index (χ2v) is 3.44. The van der Waals surface area contributed by atoms with Gasteiger partial charge in [-0.3, -0.25) is 9.97 Å². The molecule has 2 aromatic heterocycles. The first kappa shape index (κ1) is 11.7. The lowest BCUT2D eigenvalue weighted by Gasteiger charge is -2.04. The van der Waals surface area contributed by atoms with E-state index < -0.39 is 11.9 Å². The third-order valence-electron chi connectivity index (χ3n) is 2.29. The van der Waals surface area contributed by atoms with Crippen LogP contribution in [-0.2, 0) is 0 Å². The van der Waals surface area contributed by atoms with E-state index in [2.05, 4.69) is 9.97 Å². The highest BCUT2D eigenvalue weighted by atomic mass is 16.4. The van der Waals surface area contributed by atoms with Gasteiger partial charge in [0, 0.05) is 12.4 Å². The van der Waals surface area contributed by atoms with Gasteiger partial charge in [0.25, 0.3) is 0 Å². The Morgan fingerprint density at radius 2 is 1.78 bits per heavy atom. The fourth-order valence-electron chi connectivity index (χ4n) is 1.44. The standard InChI is InChI=1S/C12H8N2O4/c15-11(16)7-3-4-9(14-6-7)10-8(12(17)18)2-1-5-13-10/h1-6H,(H,15,16)(H,17,18). The van der Waals surface area contributed by atoms with E-state index in [4.69, 9.17) is 10.2 Å². The van der Waals surface area contributed by atoms with E-state index in [1.165, 1.54) is 30.5 Å². The SMILES string of the molecule is O=C(O)c1ccc(-c2ncccc2C(=O)O)nc1. The summed E-state index contributed by atoms with van der Waals surface area (Å²) in [7, 11) is 0. The molecule has 2 rings (SSSR count). The van der Waals surface area contributed by atoms with Gasteiger partial charge in [-0.2, -0.15) is 0 Å². The van der Waals surface area contributed by atoms with Crippen molar-refractivity contribution in [2.24, 2.45) is 0 Å². The lowest BCUT2D eigenvalue weighted by atomic mass is 10.1. The van der Waals surface area contributed by atoms with Gasteiger partial charge in [-0.1, -0.05) is 0 Å². The van der Waals surface area contributed by atoms with Crippen molar-refractivity contribution >= 4 is 11.9 Å². The van der Waals surface area contributed by atoms with Crippen LogP contribution < -0.4 is 0 Å². The highest BCUT2D eigenvalue weighted by Gasteiger charge is 2.13. The maximum atomic E-state index is 11.0. The maximum absolute atomic E-state index is 11.0. The maximum Gasteiger partial charge on any atom is 0.337 e. The van der Waals surface area contributed by atoms with E-state index in [0.717, 1.165) is 6.20 Å². The number of rotatable bonds is 3. The number of carboxylic acids is 2. The minimum Gasteiger partial charge on any atom is -0.478 e. The fourth-order valence-corrected chi connectivity index (χ4v) is 1.44. The zero-order valence-electron chi connectivity index (χ0n) is 9.07. The smallest absolute Gasteiger partial charge is 0.337 e. The Kier molecular flexibility index (Phi) is 3.01. The van der Waals surface area contributed by atoms with E-state index in [0.29, 0.717) is 5.69 Å². The lowest BCUT2D eigenvalue weighted by Crippen LogP contribution is -2.03. The fraction of sp³-hybridized carbons (Fsp3) is 0. The van der Waals surface area contributed by atoms with Gasteiger partial charge in [-0.15, -0.1) is 0 Å². The first-order chi connectivity index (χ1) is 8.59. The number of carbonyl (C=O) groups is 2. The summed E-state index contributed by atoms with van der Waals surface area (Å²) in [4.78, 5) is 29.5. The van der Waals surface area contributed by atoms with E-state index >= 15 is 0 Å². The number of hydrogen-bond acceptors (Lipinski definition) is 4. The molecule has 0 aliphatic carbocycles. The summed E-state index contributed by atoms with van der Waals surface area (Å²) < 4.78 is 0. The molecule has 0 bridgehead atoms. The molecular formula is C12H8N2O4. The highest BCUT2D eigenvalue weighted by Crippen LogP contribution is 2.19. The van der Waals surface area contributed by atoms with Crippen molar-refractivity contribution in [3.8, 4) is 11.4 Å². The monoisotopic (exact) mass is 244 g/mol. The van der Waals surface area contributed by atoms with Gasteiger partial charge in [0.2, 0.25) is 0 Å². The third-order valence-corrected chi connectivity index (χ3v) is 2.29. The van der Waals surface area contributed by atoms with Crippen molar-refractivity contribution in [3.05, 3.63) is 47.8 Å². The normalized spacial score (nSPS) is 10.0.